The summed E-state index contributed by atoms with van der Waals surface area (Å²) >= 11 is 0. The maximum Gasteiger partial charge on any atom is 0.326 e. The van der Waals surface area contributed by atoms with E-state index in [0.717, 1.165) is 10.8 Å². The van der Waals surface area contributed by atoms with E-state index >= 15 is 0 Å². The largest absolute Gasteiger partial charge is 0.459 e. The first kappa shape index (κ1) is 20.6. The summed E-state index contributed by atoms with van der Waals surface area (Å²) in [5.74, 6) is -0.622. The lowest BCUT2D eigenvalue weighted by Gasteiger charge is -2.20. The number of esters is 1. The first-order valence-corrected chi connectivity index (χ1v) is 9.95. The summed E-state index contributed by atoms with van der Waals surface area (Å²) in [7, 11) is -3.82. The van der Waals surface area contributed by atoms with E-state index < -0.39 is 27.2 Å². The van der Waals surface area contributed by atoms with Crippen LogP contribution in [0.3, 0.4) is 0 Å². The molecule has 0 fully saturated rings. The monoisotopic (exact) mass is 393 g/mol. The van der Waals surface area contributed by atoms with Crippen molar-refractivity contribution in [2.45, 2.75) is 45.6 Å². The van der Waals surface area contributed by atoms with Crippen molar-refractivity contribution in [2.24, 2.45) is 0 Å². The maximum atomic E-state index is 12.6. The van der Waals surface area contributed by atoms with Crippen molar-refractivity contribution in [3.63, 3.8) is 0 Å². The van der Waals surface area contributed by atoms with Gasteiger partial charge in [-0.15, -0.1) is 0 Å². The molecule has 0 saturated carbocycles. The van der Waals surface area contributed by atoms with Gasteiger partial charge in [0.05, 0.1) is 11.9 Å². The van der Waals surface area contributed by atoms with Crippen LogP contribution >= 0.6 is 0 Å². The van der Waals surface area contributed by atoms with E-state index in [9.17, 15) is 18.0 Å². The highest BCUT2D eigenvalue weighted by Gasteiger charge is 2.20. The summed E-state index contributed by atoms with van der Waals surface area (Å²) in [5, 5.41) is 0. The first-order valence-electron chi connectivity index (χ1n) is 8.29. The first-order chi connectivity index (χ1) is 12.5. The molecule has 1 heterocycles. The number of sulfonamides is 1. The minimum absolute atomic E-state index is 0.222. The molecule has 2 rings (SSSR count). The summed E-state index contributed by atoms with van der Waals surface area (Å²) in [6, 6.07) is 8.59. The highest BCUT2D eigenvalue weighted by molar-refractivity contribution is 7.91. The molecule has 2 aromatic rings. The van der Waals surface area contributed by atoms with Gasteiger partial charge in [-0.25, -0.2) is 13.4 Å². The highest BCUT2D eigenvalue weighted by Crippen LogP contribution is 2.11. The average Bonchev–Trinajstić information content (AvgIpc) is 2.53. The second-order valence-corrected chi connectivity index (χ2v) is 8.77. The second-order valence-electron chi connectivity index (χ2n) is 7.04. The molecule has 1 aromatic carbocycles. The molecule has 0 aliphatic heterocycles. The number of nitrogens with zero attached hydrogens (tertiary/aromatic N) is 2. The molecule has 0 radical (unpaired) electrons. The van der Waals surface area contributed by atoms with Crippen LogP contribution in [-0.2, 0) is 31.9 Å². The molecule has 1 N–H and O–H groups in total. The lowest BCUT2D eigenvalue weighted by molar-refractivity contribution is -0.155. The Bertz CT molecular complexity index is 976. The van der Waals surface area contributed by atoms with E-state index in [1.54, 1.807) is 58.0 Å². The summed E-state index contributed by atoms with van der Waals surface area (Å²) in [4.78, 5) is 28.6. The van der Waals surface area contributed by atoms with Crippen LogP contribution < -0.4 is 10.3 Å². The summed E-state index contributed by atoms with van der Waals surface area (Å²) in [5.41, 5.74) is -0.999. The van der Waals surface area contributed by atoms with E-state index in [4.69, 9.17) is 4.74 Å². The third kappa shape index (κ3) is 6.21. The van der Waals surface area contributed by atoms with E-state index in [-0.39, 0.29) is 23.8 Å². The van der Waals surface area contributed by atoms with Crippen molar-refractivity contribution in [3.8, 4) is 0 Å². The van der Waals surface area contributed by atoms with Gasteiger partial charge in [-0.05, 0) is 33.3 Å². The third-order valence-electron chi connectivity index (χ3n) is 3.42. The number of ether oxygens (including phenoxy) is 1. The number of nitrogens with one attached hydrogen (secondary N) is 1. The fourth-order valence-corrected chi connectivity index (χ4v) is 3.51. The smallest absolute Gasteiger partial charge is 0.326 e. The lowest BCUT2D eigenvalue weighted by Crippen LogP contribution is -2.33. The molecule has 0 bridgehead atoms. The number of hydrogen-bond acceptors (Lipinski definition) is 6. The van der Waals surface area contributed by atoms with Gasteiger partial charge in [-0.3, -0.25) is 18.9 Å². The van der Waals surface area contributed by atoms with E-state index in [1.165, 1.54) is 0 Å². The number of anilines is 1. The second kappa shape index (κ2) is 7.91. The van der Waals surface area contributed by atoms with Crippen LogP contribution in [0.1, 0.15) is 32.2 Å². The molecule has 9 heteroatoms. The van der Waals surface area contributed by atoms with Crippen LogP contribution in [0.2, 0.25) is 0 Å². The normalized spacial score (nSPS) is 11.9. The molecule has 27 heavy (non-hydrogen) atoms. The molecule has 0 atom stereocenters. The average molecular weight is 393 g/mol. The zero-order chi connectivity index (χ0) is 20.2. The number of carbonyl (C=O) groups excluding carboxylic acids is 1. The Hall–Kier alpha value is -2.68. The zero-order valence-electron chi connectivity index (χ0n) is 15.7. The molecular formula is C18H23N3O5S. The SMILES string of the molecule is Cc1ncc(NS(=O)(=O)Cc2ccccc2)c(=O)n1CC(=O)OC(C)(C)C. The quantitative estimate of drug-likeness (QED) is 0.751. The molecule has 0 aliphatic rings. The number of carbonyl (C=O) groups is 1. The van der Waals surface area contributed by atoms with Crippen molar-refractivity contribution in [3.05, 3.63) is 58.3 Å². The summed E-state index contributed by atoms with van der Waals surface area (Å²) in [6.45, 7) is 6.34. The van der Waals surface area contributed by atoms with Gasteiger partial charge in [-0.1, -0.05) is 30.3 Å². The van der Waals surface area contributed by atoms with Crippen molar-refractivity contribution >= 4 is 21.7 Å². The van der Waals surface area contributed by atoms with Gasteiger partial charge in [0, 0.05) is 0 Å². The molecule has 146 valence electrons. The van der Waals surface area contributed by atoms with Crippen molar-refractivity contribution < 1.29 is 17.9 Å². The van der Waals surface area contributed by atoms with Crippen LogP contribution in [0.15, 0.2) is 41.3 Å². The van der Waals surface area contributed by atoms with Crippen LogP contribution in [-0.4, -0.2) is 29.5 Å². The number of benzene rings is 1. The van der Waals surface area contributed by atoms with Gasteiger partial charge in [0.2, 0.25) is 10.0 Å². The molecule has 0 spiro atoms. The van der Waals surface area contributed by atoms with Crippen molar-refractivity contribution in [2.75, 3.05) is 4.72 Å². The Labute approximate surface area is 158 Å². The Kier molecular flexibility index (Phi) is 6.04. The van der Waals surface area contributed by atoms with Gasteiger partial charge in [0.25, 0.3) is 5.56 Å². The molecular weight excluding hydrogens is 370 g/mol. The summed E-state index contributed by atoms with van der Waals surface area (Å²) in [6.07, 6.45) is 1.14. The van der Waals surface area contributed by atoms with Crippen molar-refractivity contribution in [1.29, 1.82) is 0 Å². The molecule has 1 aromatic heterocycles. The number of rotatable bonds is 6. The number of hydrogen-bond donors (Lipinski definition) is 1. The lowest BCUT2D eigenvalue weighted by atomic mass is 10.2. The maximum absolute atomic E-state index is 12.6. The summed E-state index contributed by atoms with van der Waals surface area (Å²) < 4.78 is 33.2. The predicted octanol–water partition coefficient (Wildman–Crippen LogP) is 1.84. The number of aryl methyl sites for hydroxylation is 1. The fourth-order valence-electron chi connectivity index (χ4n) is 2.33. The van der Waals surface area contributed by atoms with Gasteiger partial charge in [0.1, 0.15) is 23.7 Å². The Balaban J connectivity index is 2.24. The standard InChI is InChI=1S/C18H23N3O5S/c1-13-19-10-15(17(23)21(13)11-16(22)26-18(2,3)4)20-27(24,25)12-14-8-6-5-7-9-14/h5-10,20H,11-12H2,1-4H3. The Morgan fingerprint density at radius 3 is 2.44 bits per heavy atom. The van der Waals surface area contributed by atoms with Crippen LogP contribution in [0.5, 0.6) is 0 Å². The minimum Gasteiger partial charge on any atom is -0.459 e. The molecule has 0 aliphatic carbocycles. The van der Waals surface area contributed by atoms with Crippen LogP contribution in [0, 0.1) is 6.92 Å². The van der Waals surface area contributed by atoms with E-state index in [2.05, 4.69) is 9.71 Å². The molecule has 0 unspecified atom stereocenters. The topological polar surface area (TPSA) is 107 Å². The van der Waals surface area contributed by atoms with Crippen LogP contribution in [0.25, 0.3) is 0 Å². The molecule has 0 saturated heterocycles. The van der Waals surface area contributed by atoms with Crippen molar-refractivity contribution in [1.82, 2.24) is 9.55 Å². The van der Waals surface area contributed by atoms with Gasteiger partial charge < -0.3 is 4.74 Å². The predicted molar refractivity (Wildman–Crippen MR) is 102 cm³/mol. The molecule has 8 nitrogen and oxygen atoms in total. The Morgan fingerprint density at radius 2 is 1.85 bits per heavy atom. The minimum atomic E-state index is -3.82. The zero-order valence-corrected chi connectivity index (χ0v) is 16.5. The van der Waals surface area contributed by atoms with E-state index in [1.807, 2.05) is 0 Å². The highest BCUT2D eigenvalue weighted by atomic mass is 32.2. The van der Waals surface area contributed by atoms with Gasteiger partial charge in [-0.2, -0.15) is 0 Å². The number of aromatic nitrogens is 2. The third-order valence-corrected chi connectivity index (χ3v) is 4.66. The fraction of sp³-hybridized carbons (Fsp3) is 0.389. The Morgan fingerprint density at radius 1 is 1.22 bits per heavy atom. The van der Waals surface area contributed by atoms with Gasteiger partial charge >= 0.3 is 5.97 Å². The van der Waals surface area contributed by atoms with Crippen LogP contribution in [0.4, 0.5) is 5.69 Å². The van der Waals surface area contributed by atoms with Gasteiger partial charge in [0.15, 0.2) is 0 Å². The molecule has 0 amide bonds. The van der Waals surface area contributed by atoms with E-state index in [0.29, 0.717) is 5.56 Å².